The van der Waals surface area contributed by atoms with Crippen LogP contribution in [0.3, 0.4) is 0 Å². The zero-order valence-electron chi connectivity index (χ0n) is 15.0. The molecular weight excluding hydrogens is 320 g/mol. The third-order valence-corrected chi connectivity index (χ3v) is 4.29. The van der Waals surface area contributed by atoms with Crippen molar-refractivity contribution < 1.29 is 14.4 Å². The van der Waals surface area contributed by atoms with E-state index in [2.05, 4.69) is 10.6 Å². The van der Waals surface area contributed by atoms with E-state index in [-0.39, 0.29) is 17.7 Å². The fraction of sp³-hybridized carbons (Fsp3) is 0.500. The summed E-state index contributed by atoms with van der Waals surface area (Å²) in [6.07, 6.45) is 0. The van der Waals surface area contributed by atoms with E-state index in [1.807, 2.05) is 32.0 Å². The van der Waals surface area contributed by atoms with Crippen LogP contribution in [0.25, 0.3) is 0 Å². The number of nitrogens with one attached hydrogen (secondary N) is 2. The Balaban J connectivity index is 1.94. The van der Waals surface area contributed by atoms with Crippen molar-refractivity contribution in [1.82, 2.24) is 15.1 Å². The first-order valence-corrected chi connectivity index (χ1v) is 8.55. The predicted molar refractivity (Wildman–Crippen MR) is 96.1 cm³/mol. The molecule has 1 saturated heterocycles. The Morgan fingerprint density at radius 3 is 2.04 bits per heavy atom. The first-order valence-electron chi connectivity index (χ1n) is 8.55. The Morgan fingerprint density at radius 2 is 1.52 bits per heavy atom. The summed E-state index contributed by atoms with van der Waals surface area (Å²) in [5.41, 5.74) is 0.671. The average Bonchev–Trinajstić information content (AvgIpc) is 2.60. The van der Waals surface area contributed by atoms with E-state index in [1.54, 1.807) is 21.9 Å². The van der Waals surface area contributed by atoms with Crippen LogP contribution in [0.4, 0.5) is 10.5 Å². The summed E-state index contributed by atoms with van der Waals surface area (Å²) in [6.45, 7) is 7.37. The van der Waals surface area contributed by atoms with Gasteiger partial charge in [-0.3, -0.25) is 9.59 Å². The maximum Gasteiger partial charge on any atom is 0.319 e. The van der Waals surface area contributed by atoms with E-state index in [1.165, 1.54) is 6.92 Å². The van der Waals surface area contributed by atoms with Gasteiger partial charge in [-0.25, -0.2) is 4.79 Å². The largest absolute Gasteiger partial charge is 0.339 e. The van der Waals surface area contributed by atoms with Crippen LogP contribution in [0, 0.1) is 5.92 Å². The van der Waals surface area contributed by atoms with Crippen LogP contribution in [0.2, 0.25) is 0 Å². The quantitative estimate of drug-likeness (QED) is 0.867. The summed E-state index contributed by atoms with van der Waals surface area (Å²) in [6, 6.07) is 8.09. The Labute approximate surface area is 148 Å². The summed E-state index contributed by atoms with van der Waals surface area (Å²) in [4.78, 5) is 39.8. The second-order valence-electron chi connectivity index (χ2n) is 6.52. The maximum absolute atomic E-state index is 12.8. The van der Waals surface area contributed by atoms with Gasteiger partial charge in [0.05, 0.1) is 0 Å². The van der Waals surface area contributed by atoms with Crippen molar-refractivity contribution in [2.75, 3.05) is 31.5 Å². The lowest BCUT2D eigenvalue weighted by molar-refractivity contribution is -0.140. The molecule has 1 atom stereocenters. The molecule has 7 nitrogen and oxygen atoms in total. The van der Waals surface area contributed by atoms with Crippen molar-refractivity contribution >= 4 is 23.5 Å². The molecule has 2 rings (SSSR count). The van der Waals surface area contributed by atoms with Crippen LogP contribution >= 0.6 is 0 Å². The smallest absolute Gasteiger partial charge is 0.319 e. The molecule has 1 aliphatic heterocycles. The molecule has 1 fully saturated rings. The van der Waals surface area contributed by atoms with Crippen LogP contribution in [0.5, 0.6) is 0 Å². The Hall–Kier alpha value is -2.57. The van der Waals surface area contributed by atoms with E-state index < -0.39 is 12.1 Å². The lowest BCUT2D eigenvalue weighted by Gasteiger charge is -2.36. The molecule has 0 aromatic heterocycles. The van der Waals surface area contributed by atoms with Crippen molar-refractivity contribution in [2.45, 2.75) is 26.8 Å². The lowest BCUT2D eigenvalue weighted by Crippen LogP contribution is -2.57. The molecule has 1 aromatic rings. The standard InChI is InChI=1S/C18H26N4O3/c1-13(2)16(20-18(25)19-15-7-5-4-6-8-15)17(24)22-11-9-21(10-12-22)14(3)23/h4-8,13,16H,9-12H2,1-3H3,(H2,19,20,25). The number of benzene rings is 1. The maximum atomic E-state index is 12.8. The molecule has 0 bridgehead atoms. The van der Waals surface area contributed by atoms with Gasteiger partial charge < -0.3 is 20.4 Å². The van der Waals surface area contributed by atoms with Crippen LogP contribution in [-0.2, 0) is 9.59 Å². The second-order valence-corrected chi connectivity index (χ2v) is 6.52. The molecule has 2 N–H and O–H groups in total. The van der Waals surface area contributed by atoms with Gasteiger partial charge in [0.25, 0.3) is 0 Å². The van der Waals surface area contributed by atoms with E-state index in [4.69, 9.17) is 0 Å². The van der Waals surface area contributed by atoms with E-state index in [0.29, 0.717) is 31.9 Å². The highest BCUT2D eigenvalue weighted by atomic mass is 16.2. The van der Waals surface area contributed by atoms with Gasteiger partial charge in [0.15, 0.2) is 0 Å². The number of urea groups is 1. The van der Waals surface area contributed by atoms with E-state index in [9.17, 15) is 14.4 Å². The van der Waals surface area contributed by atoms with Gasteiger partial charge >= 0.3 is 6.03 Å². The number of rotatable bonds is 4. The van der Waals surface area contributed by atoms with Crippen molar-refractivity contribution in [3.05, 3.63) is 30.3 Å². The van der Waals surface area contributed by atoms with Gasteiger partial charge in [-0.15, -0.1) is 0 Å². The molecule has 1 aliphatic rings. The first-order chi connectivity index (χ1) is 11.9. The summed E-state index contributed by atoms with van der Waals surface area (Å²) >= 11 is 0. The minimum absolute atomic E-state index is 0.0212. The van der Waals surface area contributed by atoms with E-state index >= 15 is 0 Å². The van der Waals surface area contributed by atoms with Gasteiger partial charge in [-0.2, -0.15) is 0 Å². The monoisotopic (exact) mass is 346 g/mol. The number of carbonyl (C=O) groups excluding carboxylic acids is 3. The Morgan fingerprint density at radius 1 is 0.960 bits per heavy atom. The molecule has 7 heteroatoms. The van der Waals surface area contributed by atoms with Crippen LogP contribution in [-0.4, -0.2) is 59.9 Å². The molecule has 1 aromatic carbocycles. The van der Waals surface area contributed by atoms with Gasteiger partial charge in [-0.05, 0) is 18.1 Å². The number of anilines is 1. The number of amides is 4. The Bertz CT molecular complexity index is 610. The molecule has 25 heavy (non-hydrogen) atoms. The SMILES string of the molecule is CC(=O)N1CCN(C(=O)C(NC(=O)Nc2ccccc2)C(C)C)CC1. The molecule has 0 radical (unpaired) electrons. The molecule has 0 saturated carbocycles. The fourth-order valence-corrected chi connectivity index (χ4v) is 2.78. The normalized spacial score (nSPS) is 15.7. The fourth-order valence-electron chi connectivity index (χ4n) is 2.78. The number of carbonyl (C=O) groups is 3. The highest BCUT2D eigenvalue weighted by molar-refractivity contribution is 5.93. The topological polar surface area (TPSA) is 81.8 Å². The van der Waals surface area contributed by atoms with Gasteiger partial charge in [0.1, 0.15) is 6.04 Å². The zero-order valence-corrected chi connectivity index (χ0v) is 15.0. The Kier molecular flexibility index (Phi) is 6.38. The second kappa shape index (κ2) is 8.50. The van der Waals surface area contributed by atoms with Crippen molar-refractivity contribution in [1.29, 1.82) is 0 Å². The molecule has 1 heterocycles. The molecule has 0 spiro atoms. The van der Waals surface area contributed by atoms with Crippen LogP contribution in [0.15, 0.2) is 30.3 Å². The number of hydrogen-bond donors (Lipinski definition) is 2. The van der Waals surface area contributed by atoms with Gasteiger partial charge in [-0.1, -0.05) is 32.0 Å². The highest BCUT2D eigenvalue weighted by Gasteiger charge is 2.31. The molecule has 1 unspecified atom stereocenters. The molecular formula is C18H26N4O3. The summed E-state index contributed by atoms with van der Waals surface area (Å²) in [7, 11) is 0. The first kappa shape index (κ1) is 18.8. The highest BCUT2D eigenvalue weighted by Crippen LogP contribution is 2.11. The third-order valence-electron chi connectivity index (χ3n) is 4.29. The van der Waals surface area contributed by atoms with Crippen molar-refractivity contribution in [2.24, 2.45) is 5.92 Å². The molecule has 136 valence electrons. The van der Waals surface area contributed by atoms with Crippen molar-refractivity contribution in [3.8, 4) is 0 Å². The summed E-state index contributed by atoms with van der Waals surface area (Å²) < 4.78 is 0. The van der Waals surface area contributed by atoms with Gasteiger partial charge in [0.2, 0.25) is 11.8 Å². The van der Waals surface area contributed by atoms with Crippen molar-refractivity contribution in [3.63, 3.8) is 0 Å². The third kappa shape index (κ3) is 5.20. The zero-order chi connectivity index (χ0) is 18.4. The molecule has 4 amide bonds. The van der Waals surface area contributed by atoms with Gasteiger partial charge in [0, 0.05) is 38.8 Å². The minimum atomic E-state index is -0.604. The lowest BCUT2D eigenvalue weighted by atomic mass is 10.0. The summed E-state index contributed by atoms with van der Waals surface area (Å²) in [5.74, 6) is -0.130. The summed E-state index contributed by atoms with van der Waals surface area (Å²) in [5, 5.41) is 5.51. The number of hydrogen-bond acceptors (Lipinski definition) is 3. The number of piperazine rings is 1. The van der Waals surface area contributed by atoms with Crippen LogP contribution in [0.1, 0.15) is 20.8 Å². The number of nitrogens with zero attached hydrogens (tertiary/aromatic N) is 2. The predicted octanol–water partition coefficient (Wildman–Crippen LogP) is 1.52. The molecule has 0 aliphatic carbocycles. The minimum Gasteiger partial charge on any atom is -0.339 e. The average molecular weight is 346 g/mol. The number of para-hydroxylation sites is 1. The van der Waals surface area contributed by atoms with E-state index in [0.717, 1.165) is 0 Å². The van der Waals surface area contributed by atoms with Crippen LogP contribution < -0.4 is 10.6 Å².